The molecule has 4 unspecified atom stereocenters. The maximum atomic E-state index is 13.1. The molecule has 4 atom stereocenters. The van der Waals surface area contributed by atoms with E-state index in [-0.39, 0.29) is 11.9 Å². The third-order valence-electron chi connectivity index (χ3n) is 5.60. The topological polar surface area (TPSA) is 66.8 Å². The quantitative estimate of drug-likeness (QED) is 0.891. The highest BCUT2D eigenvalue weighted by Gasteiger charge is 2.50. The third-order valence-corrected chi connectivity index (χ3v) is 5.84. The van der Waals surface area contributed by atoms with Crippen molar-refractivity contribution in [1.29, 1.82) is 0 Å². The minimum Gasteiger partial charge on any atom is -0.480 e. The fourth-order valence-corrected chi connectivity index (χ4v) is 4.71. The zero-order valence-electron chi connectivity index (χ0n) is 13.3. The Bertz CT molecular complexity index is 692. The first-order valence-corrected chi connectivity index (χ1v) is 8.92. The van der Waals surface area contributed by atoms with E-state index in [0.29, 0.717) is 29.5 Å². The molecule has 1 aromatic rings. The molecular formula is C18H20ClNO4. The zero-order valence-corrected chi connectivity index (χ0v) is 14.0. The number of aliphatic carboxylic acids is 1. The SMILES string of the molecule is O=C(O)C1CC2CCCCC2N1C(=O)C1Cc2cc(Cl)ccc2O1. The van der Waals surface area contributed by atoms with Gasteiger partial charge >= 0.3 is 5.97 Å². The van der Waals surface area contributed by atoms with Gasteiger partial charge < -0.3 is 14.7 Å². The van der Waals surface area contributed by atoms with Crippen molar-refractivity contribution in [2.24, 2.45) is 5.92 Å². The van der Waals surface area contributed by atoms with Gasteiger partial charge in [0.25, 0.3) is 5.91 Å². The second kappa shape index (κ2) is 5.96. The van der Waals surface area contributed by atoms with Crippen molar-refractivity contribution in [3.63, 3.8) is 0 Å². The van der Waals surface area contributed by atoms with E-state index in [0.717, 1.165) is 31.2 Å². The average molecular weight is 350 g/mol. The Kier molecular flexibility index (Phi) is 3.91. The Hall–Kier alpha value is -1.75. The second-order valence-electron chi connectivity index (χ2n) is 7.01. The molecule has 1 saturated carbocycles. The Morgan fingerprint density at radius 2 is 2.04 bits per heavy atom. The van der Waals surface area contributed by atoms with Crippen LogP contribution >= 0.6 is 11.6 Å². The van der Waals surface area contributed by atoms with Crippen LogP contribution in [0.3, 0.4) is 0 Å². The summed E-state index contributed by atoms with van der Waals surface area (Å²) in [5.74, 6) is -0.119. The number of carbonyl (C=O) groups excluding carboxylic acids is 1. The summed E-state index contributed by atoms with van der Waals surface area (Å²) < 4.78 is 5.80. The Morgan fingerprint density at radius 1 is 1.25 bits per heavy atom. The van der Waals surface area contributed by atoms with Crippen molar-refractivity contribution < 1.29 is 19.4 Å². The molecule has 1 aromatic carbocycles. The van der Waals surface area contributed by atoms with Crippen molar-refractivity contribution in [2.45, 2.75) is 56.7 Å². The van der Waals surface area contributed by atoms with Gasteiger partial charge in [-0.3, -0.25) is 4.79 Å². The van der Waals surface area contributed by atoms with Crippen LogP contribution < -0.4 is 4.74 Å². The maximum Gasteiger partial charge on any atom is 0.326 e. The van der Waals surface area contributed by atoms with Gasteiger partial charge in [-0.05, 0) is 48.9 Å². The van der Waals surface area contributed by atoms with E-state index in [1.807, 2.05) is 6.07 Å². The van der Waals surface area contributed by atoms with Crippen LogP contribution in [-0.4, -0.2) is 40.1 Å². The highest BCUT2D eigenvalue weighted by atomic mass is 35.5. The normalized spacial score (nSPS) is 31.3. The largest absolute Gasteiger partial charge is 0.480 e. The lowest BCUT2D eigenvalue weighted by Crippen LogP contribution is -2.51. The number of benzene rings is 1. The lowest BCUT2D eigenvalue weighted by atomic mass is 9.84. The first-order valence-electron chi connectivity index (χ1n) is 8.54. The monoisotopic (exact) mass is 349 g/mol. The Balaban J connectivity index is 1.57. The molecule has 2 fully saturated rings. The molecule has 0 bridgehead atoms. The lowest BCUT2D eigenvalue weighted by Gasteiger charge is -2.34. The van der Waals surface area contributed by atoms with Crippen LogP contribution in [-0.2, 0) is 16.0 Å². The Labute approximate surface area is 145 Å². The van der Waals surface area contributed by atoms with E-state index in [1.54, 1.807) is 17.0 Å². The molecule has 1 aliphatic carbocycles. The molecular weight excluding hydrogens is 330 g/mol. The predicted octanol–water partition coefficient (Wildman–Crippen LogP) is 2.89. The molecule has 6 heteroatoms. The van der Waals surface area contributed by atoms with Gasteiger partial charge in [-0.25, -0.2) is 4.79 Å². The fourth-order valence-electron chi connectivity index (χ4n) is 4.52. The summed E-state index contributed by atoms with van der Waals surface area (Å²) in [5.41, 5.74) is 0.909. The number of carboxylic acid groups (broad SMARTS) is 1. The number of hydrogen-bond acceptors (Lipinski definition) is 3. The number of rotatable bonds is 2. The number of likely N-dealkylation sites (tertiary alicyclic amines) is 1. The number of amides is 1. The van der Waals surface area contributed by atoms with Crippen molar-refractivity contribution in [1.82, 2.24) is 4.90 Å². The summed E-state index contributed by atoms with van der Waals surface area (Å²) in [7, 11) is 0. The van der Waals surface area contributed by atoms with Crippen LogP contribution in [0.4, 0.5) is 0 Å². The van der Waals surface area contributed by atoms with E-state index in [1.165, 1.54) is 0 Å². The highest BCUT2D eigenvalue weighted by molar-refractivity contribution is 6.30. The number of carbonyl (C=O) groups is 2. The van der Waals surface area contributed by atoms with Gasteiger partial charge in [-0.15, -0.1) is 0 Å². The van der Waals surface area contributed by atoms with E-state index in [4.69, 9.17) is 16.3 Å². The molecule has 0 aromatic heterocycles. The Morgan fingerprint density at radius 3 is 2.83 bits per heavy atom. The molecule has 4 rings (SSSR count). The van der Waals surface area contributed by atoms with Gasteiger partial charge in [0.1, 0.15) is 11.8 Å². The van der Waals surface area contributed by atoms with Crippen LogP contribution in [0, 0.1) is 5.92 Å². The van der Waals surface area contributed by atoms with Crippen LogP contribution in [0.1, 0.15) is 37.7 Å². The van der Waals surface area contributed by atoms with Gasteiger partial charge in [0, 0.05) is 17.5 Å². The first kappa shape index (κ1) is 15.8. The van der Waals surface area contributed by atoms with Gasteiger partial charge in [0.05, 0.1) is 0 Å². The summed E-state index contributed by atoms with van der Waals surface area (Å²) in [6, 6.07) is 4.64. The molecule has 2 aliphatic heterocycles. The number of halogens is 1. The van der Waals surface area contributed by atoms with Crippen molar-refractivity contribution in [3.8, 4) is 5.75 Å². The lowest BCUT2D eigenvalue weighted by molar-refractivity contribution is -0.153. The van der Waals surface area contributed by atoms with Crippen molar-refractivity contribution >= 4 is 23.5 Å². The standard InChI is InChI=1S/C18H20ClNO4/c19-12-5-6-15-11(7-12)9-16(24-15)17(21)20-13-4-2-1-3-10(13)8-14(20)18(22)23/h5-7,10,13-14,16H,1-4,8-9H2,(H,22,23). The molecule has 1 amide bonds. The average Bonchev–Trinajstić information content (AvgIpc) is 3.15. The van der Waals surface area contributed by atoms with Crippen molar-refractivity contribution in [2.75, 3.05) is 0 Å². The first-order chi connectivity index (χ1) is 11.5. The minimum absolute atomic E-state index is 0.0447. The second-order valence-corrected chi connectivity index (χ2v) is 7.45. The third kappa shape index (κ3) is 2.55. The van der Waals surface area contributed by atoms with Gasteiger partial charge in [-0.2, -0.15) is 0 Å². The molecule has 0 radical (unpaired) electrons. The van der Waals surface area contributed by atoms with Gasteiger partial charge in [0.15, 0.2) is 6.10 Å². The summed E-state index contributed by atoms with van der Waals surface area (Å²) in [6.07, 6.45) is 4.47. The van der Waals surface area contributed by atoms with Crippen LogP contribution in [0.15, 0.2) is 18.2 Å². The summed E-state index contributed by atoms with van der Waals surface area (Å²) in [4.78, 5) is 26.4. The molecule has 1 saturated heterocycles. The number of nitrogens with zero attached hydrogens (tertiary/aromatic N) is 1. The zero-order chi connectivity index (χ0) is 16.8. The maximum absolute atomic E-state index is 13.1. The molecule has 0 spiro atoms. The minimum atomic E-state index is -0.906. The van der Waals surface area contributed by atoms with E-state index in [2.05, 4.69) is 0 Å². The van der Waals surface area contributed by atoms with Gasteiger partial charge in [0.2, 0.25) is 0 Å². The fraction of sp³-hybridized carbons (Fsp3) is 0.556. The van der Waals surface area contributed by atoms with E-state index in [9.17, 15) is 14.7 Å². The highest BCUT2D eigenvalue weighted by Crippen LogP contribution is 2.41. The molecule has 1 N–H and O–H groups in total. The van der Waals surface area contributed by atoms with Gasteiger partial charge in [-0.1, -0.05) is 24.4 Å². The predicted molar refractivity (Wildman–Crippen MR) is 88.2 cm³/mol. The van der Waals surface area contributed by atoms with E-state index < -0.39 is 18.1 Å². The van der Waals surface area contributed by atoms with Crippen LogP contribution in [0.5, 0.6) is 5.75 Å². The molecule has 5 nitrogen and oxygen atoms in total. The molecule has 3 aliphatic rings. The summed E-state index contributed by atoms with van der Waals surface area (Å²) >= 11 is 6.01. The number of ether oxygens (including phenoxy) is 1. The van der Waals surface area contributed by atoms with Crippen LogP contribution in [0.2, 0.25) is 5.02 Å². The van der Waals surface area contributed by atoms with E-state index >= 15 is 0 Å². The summed E-state index contributed by atoms with van der Waals surface area (Å²) in [5, 5.41) is 10.2. The summed E-state index contributed by atoms with van der Waals surface area (Å²) in [6.45, 7) is 0. The van der Waals surface area contributed by atoms with Crippen LogP contribution in [0.25, 0.3) is 0 Å². The molecule has 128 valence electrons. The number of fused-ring (bicyclic) bond motifs is 2. The van der Waals surface area contributed by atoms with Crippen molar-refractivity contribution in [3.05, 3.63) is 28.8 Å². The number of carboxylic acids is 1. The number of hydrogen-bond donors (Lipinski definition) is 1. The molecule has 2 heterocycles. The molecule has 24 heavy (non-hydrogen) atoms. The smallest absolute Gasteiger partial charge is 0.326 e.